The normalized spacial score (nSPS) is 11.1. The van der Waals surface area contributed by atoms with Gasteiger partial charge in [-0.05, 0) is 12.3 Å². The van der Waals surface area contributed by atoms with Crippen LogP contribution in [0.5, 0.6) is 0 Å². The fourth-order valence-corrected chi connectivity index (χ4v) is 1.32. The minimum absolute atomic E-state index is 0.184. The number of alkyl halides is 2. The molecule has 0 atom stereocenters. The molecule has 0 amide bonds. The lowest BCUT2D eigenvalue weighted by Gasteiger charge is -2.06. The first-order valence-electron chi connectivity index (χ1n) is 4.83. The third kappa shape index (κ3) is 2.95. The molecule has 0 spiro atoms. The van der Waals surface area contributed by atoms with Gasteiger partial charge in [-0.3, -0.25) is 15.1 Å². The maximum atomic E-state index is 12.3. The number of nitrogens with zero attached hydrogens (tertiary/aromatic N) is 2. The quantitative estimate of drug-likeness (QED) is 0.589. The van der Waals surface area contributed by atoms with Crippen molar-refractivity contribution in [2.24, 2.45) is 5.92 Å². The summed E-state index contributed by atoms with van der Waals surface area (Å²) in [7, 11) is 0. The van der Waals surface area contributed by atoms with Crippen molar-refractivity contribution in [2.45, 2.75) is 26.7 Å². The van der Waals surface area contributed by atoms with Crippen LogP contribution in [-0.4, -0.2) is 9.91 Å². The largest absolute Gasteiger partial charge is 0.291 e. The molecule has 0 aliphatic carbocycles. The summed E-state index contributed by atoms with van der Waals surface area (Å²) < 4.78 is 24.7. The number of hydrogen-bond donors (Lipinski definition) is 0. The SMILES string of the molecule is CC(C)Cc1ncc(C(F)F)cc1[N+](=O)[O-]. The molecule has 0 N–H and O–H groups in total. The second-order valence-electron chi connectivity index (χ2n) is 3.89. The molecule has 0 aliphatic rings. The smallest absolute Gasteiger partial charge is 0.258 e. The van der Waals surface area contributed by atoms with Gasteiger partial charge in [0, 0.05) is 17.8 Å². The molecule has 88 valence electrons. The van der Waals surface area contributed by atoms with Crippen LogP contribution in [0.25, 0.3) is 0 Å². The van der Waals surface area contributed by atoms with Gasteiger partial charge in [0.05, 0.1) is 4.92 Å². The van der Waals surface area contributed by atoms with Crippen LogP contribution in [-0.2, 0) is 6.42 Å². The second kappa shape index (κ2) is 4.96. The van der Waals surface area contributed by atoms with Crippen LogP contribution in [0.15, 0.2) is 12.3 Å². The van der Waals surface area contributed by atoms with Gasteiger partial charge in [-0.1, -0.05) is 13.8 Å². The van der Waals surface area contributed by atoms with E-state index in [0.717, 1.165) is 12.3 Å². The lowest BCUT2D eigenvalue weighted by Crippen LogP contribution is -2.04. The molecule has 4 nitrogen and oxygen atoms in total. The van der Waals surface area contributed by atoms with Crippen LogP contribution in [0.2, 0.25) is 0 Å². The van der Waals surface area contributed by atoms with Gasteiger partial charge < -0.3 is 0 Å². The van der Waals surface area contributed by atoms with Crippen LogP contribution in [0, 0.1) is 16.0 Å². The van der Waals surface area contributed by atoms with E-state index in [4.69, 9.17) is 0 Å². The highest BCUT2D eigenvalue weighted by Gasteiger charge is 2.20. The van der Waals surface area contributed by atoms with Crippen molar-refractivity contribution in [1.82, 2.24) is 4.98 Å². The number of rotatable bonds is 4. The van der Waals surface area contributed by atoms with Crippen LogP contribution >= 0.6 is 0 Å². The number of nitro groups is 1. The Bertz CT molecular complexity index is 394. The zero-order valence-corrected chi connectivity index (χ0v) is 8.98. The minimum atomic E-state index is -2.74. The molecule has 0 aromatic carbocycles. The van der Waals surface area contributed by atoms with E-state index in [1.165, 1.54) is 0 Å². The summed E-state index contributed by atoms with van der Waals surface area (Å²) in [6.07, 6.45) is -1.34. The summed E-state index contributed by atoms with van der Waals surface area (Å²) in [6.45, 7) is 3.76. The van der Waals surface area contributed by atoms with Crippen LogP contribution < -0.4 is 0 Å². The fraction of sp³-hybridized carbons (Fsp3) is 0.500. The number of aromatic nitrogens is 1. The Hall–Kier alpha value is -1.59. The Morgan fingerprint density at radius 1 is 1.50 bits per heavy atom. The van der Waals surface area contributed by atoms with Crippen molar-refractivity contribution >= 4 is 5.69 Å². The third-order valence-electron chi connectivity index (χ3n) is 2.02. The summed E-state index contributed by atoms with van der Waals surface area (Å²) in [5.74, 6) is 0.184. The number of halogens is 2. The average Bonchev–Trinajstić information content (AvgIpc) is 2.16. The van der Waals surface area contributed by atoms with Crippen LogP contribution in [0.4, 0.5) is 14.5 Å². The second-order valence-corrected chi connectivity index (χ2v) is 3.89. The van der Waals surface area contributed by atoms with Crippen molar-refractivity contribution < 1.29 is 13.7 Å². The molecule has 6 heteroatoms. The van der Waals surface area contributed by atoms with Crippen LogP contribution in [0.3, 0.4) is 0 Å². The molecule has 16 heavy (non-hydrogen) atoms. The van der Waals surface area contributed by atoms with E-state index in [0.29, 0.717) is 6.42 Å². The van der Waals surface area contributed by atoms with Gasteiger partial charge in [0.1, 0.15) is 5.69 Å². The molecule has 1 aromatic rings. The Morgan fingerprint density at radius 3 is 2.56 bits per heavy atom. The van der Waals surface area contributed by atoms with Gasteiger partial charge in [0.2, 0.25) is 0 Å². The lowest BCUT2D eigenvalue weighted by atomic mass is 10.1. The topological polar surface area (TPSA) is 56.0 Å². The Morgan fingerprint density at radius 2 is 2.12 bits per heavy atom. The predicted molar refractivity (Wildman–Crippen MR) is 54.4 cm³/mol. The highest BCUT2D eigenvalue weighted by molar-refractivity contribution is 5.38. The van der Waals surface area contributed by atoms with E-state index in [1.54, 1.807) is 0 Å². The highest BCUT2D eigenvalue weighted by atomic mass is 19.3. The van der Waals surface area contributed by atoms with Crippen molar-refractivity contribution in [3.63, 3.8) is 0 Å². The summed E-state index contributed by atoms with van der Waals surface area (Å²) >= 11 is 0. The van der Waals surface area contributed by atoms with Gasteiger partial charge in [-0.2, -0.15) is 0 Å². The molecule has 1 aromatic heterocycles. The van der Waals surface area contributed by atoms with Crippen molar-refractivity contribution in [1.29, 1.82) is 0 Å². The van der Waals surface area contributed by atoms with E-state index in [-0.39, 0.29) is 17.3 Å². The molecule has 1 rings (SSSR count). The van der Waals surface area contributed by atoms with Gasteiger partial charge in [0.15, 0.2) is 0 Å². The molecule has 0 saturated carbocycles. The fourth-order valence-electron chi connectivity index (χ4n) is 1.32. The minimum Gasteiger partial charge on any atom is -0.258 e. The zero-order valence-electron chi connectivity index (χ0n) is 8.98. The molecule has 0 aliphatic heterocycles. The van der Waals surface area contributed by atoms with E-state index in [1.807, 2.05) is 13.8 Å². The maximum absolute atomic E-state index is 12.3. The summed E-state index contributed by atoms with van der Waals surface area (Å²) in [6, 6.07) is 0.898. The van der Waals surface area contributed by atoms with Gasteiger partial charge in [-0.25, -0.2) is 8.78 Å². The molecular formula is C10H12F2N2O2. The number of pyridine rings is 1. The predicted octanol–water partition coefficient (Wildman–Crippen LogP) is 3.13. The Kier molecular flexibility index (Phi) is 3.87. The van der Waals surface area contributed by atoms with E-state index >= 15 is 0 Å². The van der Waals surface area contributed by atoms with Gasteiger partial charge >= 0.3 is 0 Å². The lowest BCUT2D eigenvalue weighted by molar-refractivity contribution is -0.386. The van der Waals surface area contributed by atoms with Crippen molar-refractivity contribution in [2.75, 3.05) is 0 Å². The number of hydrogen-bond acceptors (Lipinski definition) is 3. The van der Waals surface area contributed by atoms with Crippen molar-refractivity contribution in [3.8, 4) is 0 Å². The Labute approximate surface area is 91.5 Å². The molecule has 0 unspecified atom stereocenters. The van der Waals surface area contributed by atoms with E-state index in [2.05, 4.69) is 4.98 Å². The first-order chi connectivity index (χ1) is 7.41. The van der Waals surface area contributed by atoms with Gasteiger partial charge in [-0.15, -0.1) is 0 Å². The van der Waals surface area contributed by atoms with Gasteiger partial charge in [0.25, 0.3) is 12.1 Å². The standard InChI is InChI=1S/C10H12F2N2O2/c1-6(2)3-8-9(14(15)16)4-7(5-13-8)10(11)12/h4-6,10H,3H2,1-2H3. The highest BCUT2D eigenvalue weighted by Crippen LogP contribution is 2.26. The average molecular weight is 230 g/mol. The summed E-state index contributed by atoms with van der Waals surface area (Å²) in [5, 5.41) is 10.7. The summed E-state index contributed by atoms with van der Waals surface area (Å²) in [5.41, 5.74) is -0.491. The molecule has 1 heterocycles. The monoisotopic (exact) mass is 230 g/mol. The third-order valence-corrected chi connectivity index (χ3v) is 2.02. The molecular weight excluding hydrogens is 218 g/mol. The summed E-state index contributed by atoms with van der Waals surface area (Å²) in [4.78, 5) is 13.8. The molecule has 0 radical (unpaired) electrons. The van der Waals surface area contributed by atoms with Crippen molar-refractivity contribution in [3.05, 3.63) is 33.6 Å². The zero-order chi connectivity index (χ0) is 12.3. The van der Waals surface area contributed by atoms with E-state index < -0.39 is 16.9 Å². The van der Waals surface area contributed by atoms with E-state index in [9.17, 15) is 18.9 Å². The first kappa shape index (κ1) is 12.5. The maximum Gasteiger partial charge on any atom is 0.291 e. The molecule has 0 saturated heterocycles. The first-order valence-corrected chi connectivity index (χ1v) is 4.83. The van der Waals surface area contributed by atoms with Crippen LogP contribution in [0.1, 0.15) is 31.5 Å². The Balaban J connectivity index is 3.14. The molecule has 0 bridgehead atoms. The molecule has 0 fully saturated rings.